The van der Waals surface area contributed by atoms with Crippen molar-refractivity contribution < 1.29 is 14.7 Å². The van der Waals surface area contributed by atoms with Gasteiger partial charge in [-0.1, -0.05) is 18.2 Å². The summed E-state index contributed by atoms with van der Waals surface area (Å²) in [6.07, 6.45) is 7.15. The molecule has 1 aliphatic rings. The van der Waals surface area contributed by atoms with E-state index in [9.17, 15) is 9.59 Å². The van der Waals surface area contributed by atoms with Crippen LogP contribution < -0.4 is 5.73 Å². The van der Waals surface area contributed by atoms with Gasteiger partial charge in [0.15, 0.2) is 0 Å². The first kappa shape index (κ1) is 14.3. The molecule has 0 unspecified atom stereocenters. The molecule has 0 atom stereocenters. The zero-order valence-corrected chi connectivity index (χ0v) is 11.3. The van der Waals surface area contributed by atoms with Gasteiger partial charge in [0.1, 0.15) is 0 Å². The van der Waals surface area contributed by atoms with Gasteiger partial charge in [0.25, 0.3) is 0 Å². The number of hydrogen-bond donors (Lipinski definition) is 2. The molecule has 1 aromatic carbocycles. The number of hydrogen-bond acceptors (Lipinski definition) is 2. The average molecular weight is 273 g/mol. The zero-order valence-electron chi connectivity index (χ0n) is 11.3. The van der Waals surface area contributed by atoms with Crippen molar-refractivity contribution in [3.8, 4) is 0 Å². The fourth-order valence-electron chi connectivity index (χ4n) is 2.78. The van der Waals surface area contributed by atoms with E-state index in [0.717, 1.165) is 25.7 Å². The van der Waals surface area contributed by atoms with Crippen LogP contribution in [0.15, 0.2) is 36.4 Å². The topological polar surface area (TPSA) is 80.4 Å². The molecule has 0 radical (unpaired) electrons. The Labute approximate surface area is 118 Å². The molecule has 1 amide bonds. The number of carbonyl (C=O) groups is 2. The summed E-state index contributed by atoms with van der Waals surface area (Å²) in [6.45, 7) is 0. The molecule has 1 saturated carbocycles. The Balaban J connectivity index is 1.93. The van der Waals surface area contributed by atoms with E-state index in [4.69, 9.17) is 10.8 Å². The second kappa shape index (κ2) is 6.37. The maximum Gasteiger partial charge on any atom is 0.327 e. The summed E-state index contributed by atoms with van der Waals surface area (Å²) in [5.74, 6) is -0.424. The van der Waals surface area contributed by atoms with Crippen LogP contribution in [0.25, 0.3) is 0 Å². The maximum absolute atomic E-state index is 11.0. The molecule has 0 aliphatic heterocycles. The van der Waals surface area contributed by atoms with Crippen LogP contribution in [0.2, 0.25) is 0 Å². The Morgan fingerprint density at radius 1 is 1.10 bits per heavy atom. The second-order valence-corrected chi connectivity index (χ2v) is 5.30. The van der Waals surface area contributed by atoms with Gasteiger partial charge in [-0.2, -0.15) is 0 Å². The minimum absolute atomic E-state index is 0.368. The minimum atomic E-state index is -0.880. The highest BCUT2D eigenvalue weighted by molar-refractivity contribution is 5.92. The molecule has 4 nitrogen and oxygen atoms in total. The van der Waals surface area contributed by atoms with Gasteiger partial charge in [0, 0.05) is 11.6 Å². The Hall–Kier alpha value is -2.10. The van der Waals surface area contributed by atoms with Crippen LogP contribution in [0.5, 0.6) is 0 Å². The number of amides is 1. The predicted molar refractivity (Wildman–Crippen MR) is 76.4 cm³/mol. The van der Waals surface area contributed by atoms with E-state index in [2.05, 4.69) is 0 Å². The Morgan fingerprint density at radius 2 is 1.70 bits per heavy atom. The number of carbonyl (C=O) groups excluding carboxylic acids is 1. The SMILES string of the molecule is NC(=O)c1ccc(C2CCC(C=CC(=O)O)CC2)cc1. The van der Waals surface area contributed by atoms with Crippen LogP contribution in [0, 0.1) is 5.92 Å². The molecule has 1 aromatic rings. The van der Waals surface area contributed by atoms with E-state index in [0.29, 0.717) is 17.4 Å². The molecular formula is C16H19NO3. The van der Waals surface area contributed by atoms with Crippen molar-refractivity contribution in [2.24, 2.45) is 11.7 Å². The first-order chi connectivity index (χ1) is 9.56. The van der Waals surface area contributed by atoms with Gasteiger partial charge in [-0.05, 0) is 55.2 Å². The van der Waals surface area contributed by atoms with Gasteiger partial charge >= 0.3 is 5.97 Å². The van der Waals surface area contributed by atoms with Gasteiger partial charge in [0.2, 0.25) is 5.91 Å². The van der Waals surface area contributed by atoms with Crippen LogP contribution in [0.4, 0.5) is 0 Å². The van der Waals surface area contributed by atoms with Crippen LogP contribution in [0.3, 0.4) is 0 Å². The van der Waals surface area contributed by atoms with Crippen LogP contribution in [-0.2, 0) is 4.79 Å². The lowest BCUT2D eigenvalue weighted by molar-refractivity contribution is -0.131. The van der Waals surface area contributed by atoms with Crippen molar-refractivity contribution in [3.63, 3.8) is 0 Å². The van der Waals surface area contributed by atoms with Gasteiger partial charge in [-0.15, -0.1) is 0 Å². The highest BCUT2D eigenvalue weighted by atomic mass is 16.4. The van der Waals surface area contributed by atoms with Gasteiger partial charge in [-0.25, -0.2) is 4.79 Å². The number of carboxylic acid groups (broad SMARTS) is 1. The number of aliphatic carboxylic acids is 1. The third-order valence-electron chi connectivity index (χ3n) is 3.95. The molecular weight excluding hydrogens is 254 g/mol. The van der Waals surface area contributed by atoms with Crippen molar-refractivity contribution in [2.75, 3.05) is 0 Å². The van der Waals surface area contributed by atoms with E-state index in [1.165, 1.54) is 11.6 Å². The molecule has 2 rings (SSSR count). The normalized spacial score (nSPS) is 22.8. The van der Waals surface area contributed by atoms with Crippen LogP contribution in [-0.4, -0.2) is 17.0 Å². The molecule has 0 spiro atoms. The van der Waals surface area contributed by atoms with Crippen LogP contribution >= 0.6 is 0 Å². The molecule has 3 N–H and O–H groups in total. The minimum Gasteiger partial charge on any atom is -0.478 e. The van der Waals surface area contributed by atoms with Crippen molar-refractivity contribution in [3.05, 3.63) is 47.5 Å². The summed E-state index contributed by atoms with van der Waals surface area (Å²) in [7, 11) is 0. The quantitative estimate of drug-likeness (QED) is 0.828. The van der Waals surface area contributed by atoms with Gasteiger partial charge < -0.3 is 10.8 Å². The average Bonchev–Trinajstić information content (AvgIpc) is 2.46. The molecule has 0 aromatic heterocycles. The highest BCUT2D eigenvalue weighted by Gasteiger charge is 2.21. The standard InChI is InChI=1S/C16H19NO3/c17-16(20)14-8-6-13(7-9-14)12-4-1-11(2-5-12)3-10-15(18)19/h3,6-12H,1-2,4-5H2,(H2,17,20)(H,18,19). The van der Waals surface area contributed by atoms with Crippen molar-refractivity contribution in [2.45, 2.75) is 31.6 Å². The third-order valence-corrected chi connectivity index (χ3v) is 3.95. The highest BCUT2D eigenvalue weighted by Crippen LogP contribution is 2.36. The predicted octanol–water partition coefficient (Wildman–Crippen LogP) is 2.70. The van der Waals surface area contributed by atoms with Crippen LogP contribution in [0.1, 0.15) is 47.5 Å². The molecule has 1 fully saturated rings. The van der Waals surface area contributed by atoms with E-state index < -0.39 is 11.9 Å². The Morgan fingerprint density at radius 3 is 2.20 bits per heavy atom. The smallest absolute Gasteiger partial charge is 0.327 e. The summed E-state index contributed by atoms with van der Waals surface area (Å²) in [4.78, 5) is 21.5. The zero-order chi connectivity index (χ0) is 14.5. The second-order valence-electron chi connectivity index (χ2n) is 5.30. The monoisotopic (exact) mass is 273 g/mol. The Bertz CT molecular complexity index is 511. The van der Waals surface area contributed by atoms with E-state index >= 15 is 0 Å². The molecule has 0 bridgehead atoms. The molecule has 20 heavy (non-hydrogen) atoms. The number of allylic oxidation sites excluding steroid dienone is 1. The van der Waals surface area contributed by atoms with Crippen molar-refractivity contribution in [1.82, 2.24) is 0 Å². The van der Waals surface area contributed by atoms with Crippen molar-refractivity contribution >= 4 is 11.9 Å². The maximum atomic E-state index is 11.0. The summed E-state index contributed by atoms with van der Waals surface area (Å²) in [5.41, 5.74) is 6.99. The lowest BCUT2D eigenvalue weighted by Crippen LogP contribution is -2.13. The summed E-state index contributed by atoms with van der Waals surface area (Å²) in [5, 5.41) is 8.62. The first-order valence-corrected chi connectivity index (χ1v) is 6.87. The summed E-state index contributed by atoms with van der Waals surface area (Å²) in [6, 6.07) is 7.48. The first-order valence-electron chi connectivity index (χ1n) is 6.87. The summed E-state index contributed by atoms with van der Waals surface area (Å²) >= 11 is 0. The number of benzene rings is 1. The molecule has 1 aliphatic carbocycles. The Kier molecular flexibility index (Phi) is 4.56. The lowest BCUT2D eigenvalue weighted by Gasteiger charge is -2.27. The van der Waals surface area contributed by atoms with Gasteiger partial charge in [0.05, 0.1) is 0 Å². The number of nitrogens with two attached hydrogens (primary N) is 1. The number of rotatable bonds is 4. The van der Waals surface area contributed by atoms with Gasteiger partial charge in [-0.3, -0.25) is 4.79 Å². The third kappa shape index (κ3) is 3.70. The molecule has 106 valence electrons. The van der Waals surface area contributed by atoms with E-state index in [1.807, 2.05) is 12.1 Å². The van der Waals surface area contributed by atoms with E-state index in [1.54, 1.807) is 18.2 Å². The number of primary amides is 1. The molecule has 0 saturated heterocycles. The molecule has 4 heteroatoms. The number of carboxylic acids is 1. The van der Waals surface area contributed by atoms with Crippen molar-refractivity contribution in [1.29, 1.82) is 0 Å². The lowest BCUT2D eigenvalue weighted by atomic mass is 9.78. The summed E-state index contributed by atoms with van der Waals surface area (Å²) < 4.78 is 0. The fraction of sp³-hybridized carbons (Fsp3) is 0.375. The molecule has 0 heterocycles. The van der Waals surface area contributed by atoms with E-state index in [-0.39, 0.29) is 0 Å². The fourth-order valence-corrected chi connectivity index (χ4v) is 2.78. The largest absolute Gasteiger partial charge is 0.478 e.